The maximum Gasteiger partial charge on any atom is 0.267 e. The second-order valence-corrected chi connectivity index (χ2v) is 7.07. The lowest BCUT2D eigenvalue weighted by Crippen LogP contribution is -2.41. The lowest BCUT2D eigenvalue weighted by atomic mass is 9.96. The average Bonchev–Trinajstić information content (AvgIpc) is 3.24. The SMILES string of the molecule is Cc1noc(C2CCN(C(=O)c3cnc4n(c3=O)CCS4)CC2)n1. The Kier molecular flexibility index (Phi) is 3.87. The Balaban J connectivity index is 1.48. The summed E-state index contributed by atoms with van der Waals surface area (Å²) in [6.07, 6.45) is 2.92. The van der Waals surface area contributed by atoms with Crippen LogP contribution in [0.2, 0.25) is 0 Å². The van der Waals surface area contributed by atoms with E-state index in [2.05, 4.69) is 15.1 Å². The first kappa shape index (κ1) is 15.4. The molecule has 0 radical (unpaired) electrons. The lowest BCUT2D eigenvalue weighted by molar-refractivity contribution is 0.0701. The van der Waals surface area contributed by atoms with Crippen molar-refractivity contribution in [1.29, 1.82) is 0 Å². The minimum absolute atomic E-state index is 0.160. The van der Waals surface area contributed by atoms with Crippen LogP contribution in [0.4, 0.5) is 0 Å². The zero-order valence-electron chi connectivity index (χ0n) is 13.3. The number of hydrogen-bond acceptors (Lipinski definition) is 7. The molecule has 0 N–H and O–H groups in total. The lowest BCUT2D eigenvalue weighted by Gasteiger charge is -2.30. The van der Waals surface area contributed by atoms with Crippen LogP contribution in [-0.2, 0) is 6.54 Å². The number of likely N-dealkylation sites (tertiary alicyclic amines) is 1. The summed E-state index contributed by atoms with van der Waals surface area (Å²) in [6.45, 7) is 3.55. The summed E-state index contributed by atoms with van der Waals surface area (Å²) in [6, 6.07) is 0. The molecule has 2 aromatic heterocycles. The van der Waals surface area contributed by atoms with E-state index in [4.69, 9.17) is 4.52 Å². The number of thioether (sulfide) groups is 1. The fourth-order valence-electron chi connectivity index (χ4n) is 3.14. The molecule has 126 valence electrons. The molecule has 1 saturated heterocycles. The third-order valence-corrected chi connectivity index (χ3v) is 5.43. The van der Waals surface area contributed by atoms with Gasteiger partial charge in [0.05, 0.1) is 0 Å². The maximum absolute atomic E-state index is 12.7. The van der Waals surface area contributed by atoms with Crippen LogP contribution in [0.1, 0.15) is 40.8 Å². The molecule has 8 nitrogen and oxygen atoms in total. The number of nitrogens with zero attached hydrogens (tertiary/aromatic N) is 5. The maximum atomic E-state index is 12.7. The molecule has 0 unspecified atom stereocenters. The van der Waals surface area contributed by atoms with Crippen LogP contribution < -0.4 is 5.56 Å². The van der Waals surface area contributed by atoms with Crippen molar-refractivity contribution < 1.29 is 9.32 Å². The van der Waals surface area contributed by atoms with Gasteiger partial charge in [-0.25, -0.2) is 4.98 Å². The first-order valence-electron chi connectivity index (χ1n) is 7.95. The first-order valence-corrected chi connectivity index (χ1v) is 8.94. The normalized spacial score (nSPS) is 18.0. The number of piperidine rings is 1. The van der Waals surface area contributed by atoms with Crippen LogP contribution in [0, 0.1) is 6.92 Å². The van der Waals surface area contributed by atoms with Gasteiger partial charge in [0.15, 0.2) is 11.0 Å². The van der Waals surface area contributed by atoms with E-state index < -0.39 is 0 Å². The zero-order chi connectivity index (χ0) is 16.7. The van der Waals surface area contributed by atoms with E-state index >= 15 is 0 Å². The minimum Gasteiger partial charge on any atom is -0.339 e. The van der Waals surface area contributed by atoms with Crippen LogP contribution in [0.3, 0.4) is 0 Å². The Bertz CT molecular complexity index is 838. The Hall–Kier alpha value is -2.16. The summed E-state index contributed by atoms with van der Waals surface area (Å²) in [5.41, 5.74) is -0.0713. The summed E-state index contributed by atoms with van der Waals surface area (Å²) in [4.78, 5) is 35.4. The van der Waals surface area contributed by atoms with Gasteiger partial charge < -0.3 is 9.42 Å². The number of aromatic nitrogens is 4. The molecule has 9 heteroatoms. The Morgan fingerprint density at radius 1 is 1.33 bits per heavy atom. The zero-order valence-corrected chi connectivity index (χ0v) is 14.1. The number of fused-ring (bicyclic) bond motifs is 1. The third kappa shape index (κ3) is 2.62. The summed E-state index contributed by atoms with van der Waals surface area (Å²) in [5.74, 6) is 2.02. The van der Waals surface area contributed by atoms with Gasteiger partial charge >= 0.3 is 0 Å². The van der Waals surface area contributed by atoms with Gasteiger partial charge in [0.1, 0.15) is 5.56 Å². The standard InChI is InChI=1S/C15H17N5O3S/c1-9-17-12(23-18-9)10-2-4-19(5-3-10)13(21)11-8-16-15-20(14(11)22)6-7-24-15/h8,10H,2-7H2,1H3. The predicted molar refractivity (Wildman–Crippen MR) is 86.1 cm³/mol. The van der Waals surface area contributed by atoms with Crippen LogP contribution in [-0.4, -0.2) is 49.3 Å². The third-order valence-electron chi connectivity index (χ3n) is 4.46. The molecular formula is C15H17N5O3S. The average molecular weight is 347 g/mol. The molecule has 2 aliphatic rings. The Labute approximate surface area is 142 Å². The number of carbonyl (C=O) groups excluding carboxylic acids is 1. The van der Waals surface area contributed by atoms with Gasteiger partial charge in [-0.2, -0.15) is 4.98 Å². The molecule has 0 atom stereocenters. The molecule has 2 aliphatic heterocycles. The molecular weight excluding hydrogens is 330 g/mol. The number of hydrogen-bond donors (Lipinski definition) is 0. The van der Waals surface area contributed by atoms with Crippen LogP contribution in [0.5, 0.6) is 0 Å². The van der Waals surface area contributed by atoms with Crippen molar-refractivity contribution >= 4 is 17.7 Å². The molecule has 0 bridgehead atoms. The quantitative estimate of drug-likeness (QED) is 0.750. The van der Waals surface area contributed by atoms with Crippen LogP contribution >= 0.6 is 11.8 Å². The van der Waals surface area contributed by atoms with Crippen LogP contribution in [0.15, 0.2) is 20.7 Å². The van der Waals surface area contributed by atoms with Gasteiger partial charge in [0, 0.05) is 37.5 Å². The van der Waals surface area contributed by atoms with Gasteiger partial charge in [-0.15, -0.1) is 0 Å². The van der Waals surface area contributed by atoms with Gasteiger partial charge in [0.2, 0.25) is 5.89 Å². The molecule has 4 rings (SSSR count). The van der Waals surface area contributed by atoms with Crippen molar-refractivity contribution in [2.75, 3.05) is 18.8 Å². The highest BCUT2D eigenvalue weighted by Crippen LogP contribution is 2.27. The fraction of sp³-hybridized carbons (Fsp3) is 0.533. The smallest absolute Gasteiger partial charge is 0.267 e. The van der Waals surface area contributed by atoms with Gasteiger partial charge in [-0.1, -0.05) is 16.9 Å². The Morgan fingerprint density at radius 3 is 2.83 bits per heavy atom. The summed E-state index contributed by atoms with van der Waals surface area (Å²) >= 11 is 1.54. The molecule has 0 saturated carbocycles. The van der Waals surface area contributed by atoms with Crippen LogP contribution in [0.25, 0.3) is 0 Å². The van der Waals surface area contributed by atoms with E-state index in [0.717, 1.165) is 18.6 Å². The van der Waals surface area contributed by atoms with Crippen molar-refractivity contribution in [2.24, 2.45) is 0 Å². The van der Waals surface area contributed by atoms with E-state index in [0.29, 0.717) is 36.5 Å². The summed E-state index contributed by atoms with van der Waals surface area (Å²) in [5, 5.41) is 4.51. The number of amides is 1. The van der Waals surface area contributed by atoms with E-state index in [1.165, 1.54) is 6.20 Å². The second-order valence-electron chi connectivity index (χ2n) is 6.01. The van der Waals surface area contributed by atoms with Crippen molar-refractivity contribution in [3.05, 3.63) is 33.8 Å². The van der Waals surface area contributed by atoms with Gasteiger partial charge in [0.25, 0.3) is 11.5 Å². The highest BCUT2D eigenvalue weighted by Gasteiger charge is 2.29. The molecule has 4 heterocycles. The molecule has 2 aromatic rings. The predicted octanol–water partition coefficient (Wildman–Crippen LogP) is 1.06. The minimum atomic E-state index is -0.236. The van der Waals surface area contributed by atoms with E-state index in [1.54, 1.807) is 28.2 Å². The number of rotatable bonds is 2. The summed E-state index contributed by atoms with van der Waals surface area (Å²) < 4.78 is 6.81. The molecule has 1 fully saturated rings. The molecule has 24 heavy (non-hydrogen) atoms. The first-order chi connectivity index (χ1) is 11.6. The highest BCUT2D eigenvalue weighted by atomic mass is 32.2. The molecule has 0 aromatic carbocycles. The number of aryl methyl sites for hydroxylation is 1. The van der Waals surface area contributed by atoms with Gasteiger partial charge in [-0.3, -0.25) is 14.2 Å². The molecule has 1 amide bonds. The topological polar surface area (TPSA) is 94.1 Å². The molecule has 0 spiro atoms. The monoisotopic (exact) mass is 347 g/mol. The van der Waals surface area contributed by atoms with Gasteiger partial charge in [-0.05, 0) is 19.8 Å². The Morgan fingerprint density at radius 2 is 2.12 bits per heavy atom. The largest absolute Gasteiger partial charge is 0.339 e. The van der Waals surface area contributed by atoms with Crippen molar-refractivity contribution in [2.45, 2.75) is 37.4 Å². The second kappa shape index (κ2) is 6.04. The summed E-state index contributed by atoms with van der Waals surface area (Å²) in [7, 11) is 0. The van der Waals surface area contributed by atoms with E-state index in [-0.39, 0.29) is 22.9 Å². The highest BCUT2D eigenvalue weighted by molar-refractivity contribution is 7.99. The van der Waals surface area contributed by atoms with E-state index in [1.807, 2.05) is 0 Å². The van der Waals surface area contributed by atoms with Crippen molar-refractivity contribution in [1.82, 2.24) is 24.6 Å². The fourth-order valence-corrected chi connectivity index (χ4v) is 4.06. The number of carbonyl (C=O) groups is 1. The van der Waals surface area contributed by atoms with Crippen molar-refractivity contribution in [3.8, 4) is 0 Å². The van der Waals surface area contributed by atoms with Crippen molar-refractivity contribution in [3.63, 3.8) is 0 Å². The van der Waals surface area contributed by atoms with E-state index in [9.17, 15) is 9.59 Å². The molecule has 0 aliphatic carbocycles.